The summed E-state index contributed by atoms with van der Waals surface area (Å²) in [6, 6.07) is 8.81. The van der Waals surface area contributed by atoms with Crippen molar-refractivity contribution in [1.29, 1.82) is 0 Å². The van der Waals surface area contributed by atoms with Crippen molar-refractivity contribution in [2.24, 2.45) is 5.92 Å². The summed E-state index contributed by atoms with van der Waals surface area (Å²) in [7, 11) is 0. The monoisotopic (exact) mass is 519 g/mol. The van der Waals surface area contributed by atoms with Gasteiger partial charge in [-0.25, -0.2) is 13.2 Å². The number of likely N-dealkylation sites (tertiary alicyclic amines) is 1. The minimum atomic E-state index is -2.03. The number of fused-ring (bicyclic) bond motifs is 3. The van der Waals surface area contributed by atoms with Gasteiger partial charge in [0.25, 0.3) is 0 Å². The lowest BCUT2D eigenvalue weighted by Crippen LogP contribution is -2.49. The van der Waals surface area contributed by atoms with Crippen LogP contribution in [-0.2, 0) is 6.42 Å². The van der Waals surface area contributed by atoms with Gasteiger partial charge in [-0.1, -0.05) is 18.2 Å². The van der Waals surface area contributed by atoms with Crippen LogP contribution >= 0.6 is 0 Å². The third-order valence-electron chi connectivity index (χ3n) is 7.48. The van der Waals surface area contributed by atoms with Crippen LogP contribution in [0.15, 0.2) is 36.4 Å². The summed E-state index contributed by atoms with van der Waals surface area (Å²) in [4.78, 5) is 6.76. The van der Waals surface area contributed by atoms with Crippen LogP contribution < -0.4 is 4.74 Å². The number of para-hydroxylation sites is 1. The molecular formula is C28H33F4N3O2. The number of rotatable bonds is 8. The molecule has 0 aliphatic carbocycles. The number of nitrogens with one attached hydrogen (secondary N) is 1. The van der Waals surface area contributed by atoms with E-state index in [0.29, 0.717) is 38.2 Å². The van der Waals surface area contributed by atoms with Crippen LogP contribution in [0.5, 0.6) is 5.75 Å². The number of aliphatic hydroxyl groups is 1. The van der Waals surface area contributed by atoms with Crippen LogP contribution in [0.1, 0.15) is 43.1 Å². The van der Waals surface area contributed by atoms with Gasteiger partial charge in [-0.3, -0.25) is 14.2 Å². The molecule has 0 radical (unpaired) electrons. The van der Waals surface area contributed by atoms with Crippen molar-refractivity contribution >= 4 is 10.9 Å². The molecule has 2 aromatic carbocycles. The summed E-state index contributed by atoms with van der Waals surface area (Å²) in [6.45, 7) is 4.47. The zero-order valence-electron chi connectivity index (χ0n) is 21.1. The lowest BCUT2D eigenvalue weighted by Gasteiger charge is -2.38. The van der Waals surface area contributed by atoms with Crippen LogP contribution in [-0.4, -0.2) is 71.2 Å². The molecule has 2 atom stereocenters. The first-order valence-corrected chi connectivity index (χ1v) is 12.8. The fraction of sp³-hybridized carbons (Fsp3) is 0.500. The second kappa shape index (κ2) is 10.3. The molecule has 3 heterocycles. The Balaban J connectivity index is 1.49. The molecule has 9 heteroatoms. The smallest absolute Gasteiger partial charge is 0.144 e. The van der Waals surface area contributed by atoms with Crippen LogP contribution in [0.2, 0.25) is 0 Å². The molecular weight excluding hydrogens is 486 g/mol. The zero-order valence-corrected chi connectivity index (χ0v) is 21.1. The molecule has 1 aromatic heterocycles. The molecule has 3 aromatic rings. The highest BCUT2D eigenvalue weighted by Gasteiger charge is 2.42. The molecule has 37 heavy (non-hydrogen) atoms. The van der Waals surface area contributed by atoms with E-state index in [1.165, 1.54) is 18.7 Å². The van der Waals surface area contributed by atoms with Crippen molar-refractivity contribution in [2.45, 2.75) is 44.6 Å². The molecule has 1 unspecified atom stereocenters. The maximum atomic E-state index is 15.7. The number of aromatic amines is 1. The van der Waals surface area contributed by atoms with Crippen molar-refractivity contribution in [1.82, 2.24) is 14.8 Å². The van der Waals surface area contributed by atoms with E-state index in [1.807, 2.05) is 29.2 Å². The van der Waals surface area contributed by atoms with Gasteiger partial charge in [-0.05, 0) is 38.3 Å². The average molecular weight is 520 g/mol. The molecule has 0 saturated carbocycles. The number of nitrogens with zero attached hydrogens (tertiary/aromatic N) is 2. The van der Waals surface area contributed by atoms with E-state index in [2.05, 4.69) is 4.98 Å². The fourth-order valence-corrected chi connectivity index (χ4v) is 5.58. The lowest BCUT2D eigenvalue weighted by molar-refractivity contribution is -0.105. The number of aryl methyl sites for hydroxylation is 1. The predicted molar refractivity (Wildman–Crippen MR) is 134 cm³/mol. The number of aromatic nitrogens is 1. The van der Waals surface area contributed by atoms with Gasteiger partial charge >= 0.3 is 0 Å². The van der Waals surface area contributed by atoms with Gasteiger partial charge < -0.3 is 14.8 Å². The maximum Gasteiger partial charge on any atom is 0.144 e. The topological polar surface area (TPSA) is 51.7 Å². The van der Waals surface area contributed by atoms with Crippen molar-refractivity contribution in [3.8, 4) is 5.75 Å². The summed E-state index contributed by atoms with van der Waals surface area (Å²) in [5.74, 6) is -1.57. The van der Waals surface area contributed by atoms with E-state index < -0.39 is 29.6 Å². The van der Waals surface area contributed by atoms with Crippen LogP contribution in [0.4, 0.5) is 17.6 Å². The van der Waals surface area contributed by atoms with E-state index in [0.717, 1.165) is 28.6 Å². The van der Waals surface area contributed by atoms with E-state index in [4.69, 9.17) is 4.74 Å². The largest absolute Gasteiger partial charge is 0.492 e. The Morgan fingerprint density at radius 1 is 1.16 bits per heavy atom. The lowest BCUT2D eigenvalue weighted by atomic mass is 9.95. The van der Waals surface area contributed by atoms with Crippen LogP contribution in [0.25, 0.3) is 10.9 Å². The number of aliphatic hydroxyl groups excluding tert-OH is 1. The molecule has 2 aliphatic rings. The quantitative estimate of drug-likeness (QED) is 0.405. The molecule has 0 bridgehead atoms. The molecule has 5 rings (SSSR count). The molecule has 2 aliphatic heterocycles. The molecule has 0 spiro atoms. The van der Waals surface area contributed by atoms with Crippen LogP contribution in [0.3, 0.4) is 0 Å². The predicted octanol–water partition coefficient (Wildman–Crippen LogP) is 5.13. The number of halogens is 4. The second-order valence-electron chi connectivity index (χ2n) is 10.7. The standard InChI is InChI=1S/C28H33F4N3O2/c1-28(2,32)27(36)35-9-5-7-20-19-6-3-4-8-23(19)33-25(20)26(35)24-21(30)12-18(13-22(24)31)37-11-10-34-15-17(14-29)16-34/h3-4,6,8,12-13,17,26-27,33,36H,5,7,9-11,14-16H2,1-2H3/t26-,27?/m1/s1. The summed E-state index contributed by atoms with van der Waals surface area (Å²) >= 11 is 0. The Hall–Kier alpha value is -2.62. The molecule has 0 amide bonds. The zero-order chi connectivity index (χ0) is 26.3. The van der Waals surface area contributed by atoms with Crippen molar-refractivity contribution in [2.75, 3.05) is 39.5 Å². The van der Waals surface area contributed by atoms with Gasteiger partial charge in [0.15, 0.2) is 0 Å². The fourth-order valence-electron chi connectivity index (χ4n) is 5.58. The molecule has 5 nitrogen and oxygen atoms in total. The number of ether oxygens (including phenoxy) is 1. The Bertz CT molecular complexity index is 1230. The van der Waals surface area contributed by atoms with Gasteiger partial charge in [0, 0.05) is 66.4 Å². The average Bonchev–Trinajstić information content (AvgIpc) is 3.08. The minimum Gasteiger partial charge on any atom is -0.492 e. The molecule has 1 saturated heterocycles. The van der Waals surface area contributed by atoms with E-state index in [1.54, 1.807) is 0 Å². The normalized spacial score (nSPS) is 20.5. The number of hydrogen-bond donors (Lipinski definition) is 2. The van der Waals surface area contributed by atoms with Crippen molar-refractivity contribution in [3.63, 3.8) is 0 Å². The number of alkyl halides is 2. The first-order chi connectivity index (χ1) is 17.7. The SMILES string of the molecule is CC(C)(F)C(O)N1CCCc2c([nH]c3ccccc23)[C@H]1c1c(F)cc(OCCN2CC(CF)C2)cc1F. The Labute approximate surface area is 214 Å². The summed E-state index contributed by atoms with van der Waals surface area (Å²) in [5, 5.41) is 11.9. The molecule has 200 valence electrons. The van der Waals surface area contributed by atoms with Gasteiger partial charge in [-0.2, -0.15) is 0 Å². The van der Waals surface area contributed by atoms with Gasteiger partial charge in [-0.15, -0.1) is 0 Å². The third kappa shape index (κ3) is 5.09. The number of hydrogen-bond acceptors (Lipinski definition) is 4. The van der Waals surface area contributed by atoms with Crippen LogP contribution in [0, 0.1) is 17.6 Å². The second-order valence-corrected chi connectivity index (χ2v) is 10.7. The van der Waals surface area contributed by atoms with Crippen molar-refractivity contribution in [3.05, 3.63) is 64.9 Å². The highest BCUT2D eigenvalue weighted by Crippen LogP contribution is 2.42. The number of benzene rings is 2. The number of H-pyrrole nitrogens is 1. The van der Waals surface area contributed by atoms with Gasteiger partial charge in [0.1, 0.15) is 35.9 Å². The van der Waals surface area contributed by atoms with E-state index >= 15 is 8.78 Å². The Morgan fingerprint density at radius 2 is 1.86 bits per heavy atom. The Morgan fingerprint density at radius 3 is 2.54 bits per heavy atom. The summed E-state index contributed by atoms with van der Waals surface area (Å²) in [5.41, 5.74) is -0.0159. The summed E-state index contributed by atoms with van der Waals surface area (Å²) < 4.78 is 64.6. The van der Waals surface area contributed by atoms with Crippen molar-refractivity contribution < 1.29 is 27.4 Å². The van der Waals surface area contributed by atoms with Gasteiger partial charge in [0.05, 0.1) is 12.7 Å². The van der Waals surface area contributed by atoms with E-state index in [-0.39, 0.29) is 37.1 Å². The minimum absolute atomic E-state index is 0.0460. The third-order valence-corrected chi connectivity index (χ3v) is 7.48. The highest BCUT2D eigenvalue weighted by atomic mass is 19.1. The Kier molecular flexibility index (Phi) is 7.22. The molecule has 2 N–H and O–H groups in total. The first kappa shape index (κ1) is 26.0. The van der Waals surface area contributed by atoms with Gasteiger partial charge in [0.2, 0.25) is 0 Å². The maximum absolute atomic E-state index is 15.7. The van der Waals surface area contributed by atoms with E-state index in [9.17, 15) is 13.9 Å². The first-order valence-electron chi connectivity index (χ1n) is 12.8. The molecule has 1 fully saturated rings. The summed E-state index contributed by atoms with van der Waals surface area (Å²) in [6.07, 6.45) is -0.382. The highest BCUT2D eigenvalue weighted by molar-refractivity contribution is 5.85.